The molecule has 1 saturated heterocycles. The fourth-order valence-electron chi connectivity index (χ4n) is 3.42. The van der Waals surface area contributed by atoms with Crippen LogP contribution in [-0.2, 0) is 0 Å². The average molecular weight is 335 g/mol. The Morgan fingerprint density at radius 2 is 2.08 bits per heavy atom. The predicted molar refractivity (Wildman–Crippen MR) is 94.7 cm³/mol. The lowest BCUT2D eigenvalue weighted by Gasteiger charge is -2.33. The van der Waals surface area contributed by atoms with Crippen molar-refractivity contribution in [2.45, 2.75) is 25.8 Å². The van der Waals surface area contributed by atoms with Gasteiger partial charge < -0.3 is 9.47 Å². The number of aryl methyl sites for hydroxylation is 1. The van der Waals surface area contributed by atoms with Gasteiger partial charge in [-0.25, -0.2) is 9.67 Å². The van der Waals surface area contributed by atoms with Crippen LogP contribution in [0.5, 0.6) is 0 Å². The third-order valence-corrected chi connectivity index (χ3v) is 4.78. The van der Waals surface area contributed by atoms with Crippen molar-refractivity contribution in [1.29, 1.82) is 0 Å². The fourth-order valence-corrected chi connectivity index (χ4v) is 3.42. The molecule has 1 aliphatic heterocycles. The molecule has 1 unspecified atom stereocenters. The van der Waals surface area contributed by atoms with Crippen LogP contribution in [0.25, 0.3) is 5.69 Å². The van der Waals surface area contributed by atoms with E-state index < -0.39 is 0 Å². The highest BCUT2D eigenvalue weighted by Crippen LogP contribution is 2.23. The van der Waals surface area contributed by atoms with E-state index >= 15 is 0 Å². The highest BCUT2D eigenvalue weighted by atomic mass is 16.2. The van der Waals surface area contributed by atoms with Crippen LogP contribution >= 0.6 is 0 Å². The second-order valence-electron chi connectivity index (χ2n) is 6.47. The quantitative estimate of drug-likeness (QED) is 0.739. The van der Waals surface area contributed by atoms with Crippen molar-refractivity contribution in [3.8, 4) is 5.69 Å². The zero-order chi connectivity index (χ0) is 17.2. The molecule has 1 fully saturated rings. The Morgan fingerprint density at radius 1 is 1.24 bits per heavy atom. The monoisotopic (exact) mass is 335 g/mol. The smallest absolute Gasteiger partial charge is 0.257 e. The number of benzene rings is 1. The molecular weight excluding hydrogens is 314 g/mol. The van der Waals surface area contributed by atoms with Crippen LogP contribution in [0.1, 0.15) is 34.9 Å². The maximum Gasteiger partial charge on any atom is 0.257 e. The third-order valence-electron chi connectivity index (χ3n) is 4.78. The third kappa shape index (κ3) is 3.07. The number of carbonyl (C=O) groups is 1. The number of rotatable bonds is 3. The van der Waals surface area contributed by atoms with Crippen LogP contribution in [0.3, 0.4) is 0 Å². The molecule has 1 aliphatic rings. The van der Waals surface area contributed by atoms with Crippen molar-refractivity contribution in [1.82, 2.24) is 24.2 Å². The van der Waals surface area contributed by atoms with Gasteiger partial charge in [0, 0.05) is 31.7 Å². The molecule has 0 spiro atoms. The van der Waals surface area contributed by atoms with E-state index in [1.807, 2.05) is 60.9 Å². The second-order valence-corrected chi connectivity index (χ2v) is 6.47. The lowest BCUT2D eigenvalue weighted by Crippen LogP contribution is -2.40. The Bertz CT molecular complexity index is 853. The number of hydrogen-bond donors (Lipinski definition) is 0. The Balaban J connectivity index is 1.55. The summed E-state index contributed by atoms with van der Waals surface area (Å²) in [5, 5.41) is 4.52. The van der Waals surface area contributed by atoms with E-state index in [-0.39, 0.29) is 5.91 Å². The topological polar surface area (TPSA) is 56.0 Å². The molecule has 6 heteroatoms. The highest BCUT2D eigenvalue weighted by molar-refractivity contribution is 5.95. The first-order valence-electron chi connectivity index (χ1n) is 8.61. The van der Waals surface area contributed by atoms with Gasteiger partial charge in [0.05, 0.1) is 29.3 Å². The summed E-state index contributed by atoms with van der Waals surface area (Å²) in [4.78, 5) is 19.1. The van der Waals surface area contributed by atoms with E-state index in [1.54, 1.807) is 10.9 Å². The van der Waals surface area contributed by atoms with Crippen LogP contribution in [0.2, 0.25) is 0 Å². The van der Waals surface area contributed by atoms with E-state index in [4.69, 9.17) is 0 Å². The van der Waals surface area contributed by atoms with Crippen LogP contribution in [0.15, 0.2) is 55.2 Å². The number of piperidine rings is 1. The molecule has 0 radical (unpaired) electrons. The lowest BCUT2D eigenvalue weighted by molar-refractivity contribution is 0.0678. The average Bonchev–Trinajstić information content (AvgIpc) is 3.32. The Labute approximate surface area is 146 Å². The lowest BCUT2D eigenvalue weighted by atomic mass is 10.0. The number of aromatic nitrogens is 4. The molecule has 4 rings (SSSR count). The summed E-state index contributed by atoms with van der Waals surface area (Å²) in [6, 6.07) is 10.2. The Hall–Kier alpha value is -2.89. The summed E-state index contributed by atoms with van der Waals surface area (Å²) in [6.45, 7) is 3.40. The predicted octanol–water partition coefficient (Wildman–Crippen LogP) is 2.85. The Kier molecular flexibility index (Phi) is 4.09. The number of nitrogens with zero attached hydrogens (tertiary/aromatic N) is 5. The van der Waals surface area contributed by atoms with Gasteiger partial charge in [-0.2, -0.15) is 5.10 Å². The molecule has 6 nitrogen and oxygen atoms in total. The van der Waals surface area contributed by atoms with E-state index in [0.717, 1.165) is 30.8 Å². The molecule has 128 valence electrons. The summed E-state index contributed by atoms with van der Waals surface area (Å²) in [6.07, 6.45) is 9.50. The van der Waals surface area contributed by atoms with Crippen LogP contribution in [0, 0.1) is 6.92 Å². The molecule has 0 N–H and O–H groups in total. The first kappa shape index (κ1) is 15.6. The van der Waals surface area contributed by atoms with Crippen LogP contribution in [0.4, 0.5) is 0 Å². The summed E-state index contributed by atoms with van der Waals surface area (Å²) < 4.78 is 3.87. The SMILES string of the molecule is Cc1nn(-c2ccccc2)cc1C(=O)N1CCCC(n2ccnc2)C1. The number of carbonyl (C=O) groups excluding carboxylic acids is 1. The van der Waals surface area contributed by atoms with Crippen molar-refractivity contribution in [3.05, 3.63) is 66.5 Å². The van der Waals surface area contributed by atoms with Crippen LogP contribution < -0.4 is 0 Å². The van der Waals surface area contributed by atoms with E-state index in [2.05, 4.69) is 14.6 Å². The first-order valence-corrected chi connectivity index (χ1v) is 8.61. The molecule has 1 aromatic carbocycles. The number of amides is 1. The molecule has 25 heavy (non-hydrogen) atoms. The highest BCUT2D eigenvalue weighted by Gasteiger charge is 2.27. The van der Waals surface area contributed by atoms with Crippen molar-refractivity contribution in [2.24, 2.45) is 0 Å². The maximum absolute atomic E-state index is 13.0. The first-order chi connectivity index (χ1) is 12.2. The van der Waals surface area contributed by atoms with Crippen molar-refractivity contribution >= 4 is 5.91 Å². The molecule has 3 heterocycles. The van der Waals surface area contributed by atoms with Gasteiger partial charge in [0.25, 0.3) is 5.91 Å². The molecule has 0 bridgehead atoms. The van der Waals surface area contributed by atoms with Crippen molar-refractivity contribution in [3.63, 3.8) is 0 Å². The second kappa shape index (κ2) is 6.55. The maximum atomic E-state index is 13.0. The summed E-state index contributed by atoms with van der Waals surface area (Å²) >= 11 is 0. The molecular formula is C19H21N5O. The zero-order valence-electron chi connectivity index (χ0n) is 14.2. The summed E-state index contributed by atoms with van der Waals surface area (Å²) in [5.41, 5.74) is 2.40. The molecule has 0 saturated carbocycles. The van der Waals surface area contributed by atoms with Gasteiger partial charge in [-0.05, 0) is 31.9 Å². The minimum Gasteiger partial charge on any atom is -0.336 e. The summed E-state index contributed by atoms with van der Waals surface area (Å²) in [7, 11) is 0. The summed E-state index contributed by atoms with van der Waals surface area (Å²) in [5.74, 6) is 0.0597. The molecule has 0 aliphatic carbocycles. The van der Waals surface area contributed by atoms with Gasteiger partial charge in [-0.15, -0.1) is 0 Å². The van der Waals surface area contributed by atoms with Gasteiger partial charge in [0.2, 0.25) is 0 Å². The number of likely N-dealkylation sites (tertiary alicyclic amines) is 1. The number of imidazole rings is 1. The van der Waals surface area contributed by atoms with Crippen LogP contribution in [-0.4, -0.2) is 43.2 Å². The van der Waals surface area contributed by atoms with Crippen molar-refractivity contribution < 1.29 is 4.79 Å². The fraction of sp³-hybridized carbons (Fsp3) is 0.316. The van der Waals surface area contributed by atoms with Gasteiger partial charge in [-0.1, -0.05) is 18.2 Å². The van der Waals surface area contributed by atoms with Gasteiger partial charge in [0.1, 0.15) is 0 Å². The molecule has 1 atom stereocenters. The minimum absolute atomic E-state index is 0.0597. The number of para-hydroxylation sites is 1. The van der Waals surface area contributed by atoms with Gasteiger partial charge in [-0.3, -0.25) is 4.79 Å². The standard InChI is InChI=1S/C19H21N5O/c1-15-18(13-24(21-15)16-6-3-2-4-7-16)19(25)22-10-5-8-17(12-22)23-11-9-20-14-23/h2-4,6-7,9,11,13-14,17H,5,8,10,12H2,1H3. The largest absolute Gasteiger partial charge is 0.336 e. The Morgan fingerprint density at radius 3 is 2.84 bits per heavy atom. The normalized spacial score (nSPS) is 17.6. The van der Waals surface area contributed by atoms with E-state index in [0.29, 0.717) is 18.2 Å². The zero-order valence-corrected chi connectivity index (χ0v) is 14.2. The van der Waals surface area contributed by atoms with Crippen molar-refractivity contribution in [2.75, 3.05) is 13.1 Å². The molecule has 1 amide bonds. The van der Waals surface area contributed by atoms with E-state index in [1.165, 1.54) is 0 Å². The molecule has 3 aromatic rings. The minimum atomic E-state index is 0.0597. The van der Waals surface area contributed by atoms with E-state index in [9.17, 15) is 4.79 Å². The molecule has 2 aromatic heterocycles. The van der Waals surface area contributed by atoms with Gasteiger partial charge in [0.15, 0.2) is 0 Å². The van der Waals surface area contributed by atoms with Gasteiger partial charge >= 0.3 is 0 Å². The number of hydrogen-bond acceptors (Lipinski definition) is 3.